The van der Waals surface area contributed by atoms with Crippen LogP contribution in [-0.4, -0.2) is 15.8 Å². The fraction of sp³-hybridized carbons (Fsp3) is 0.154. The molecule has 2 heterocycles. The van der Waals surface area contributed by atoms with E-state index in [0.717, 1.165) is 20.3 Å². The lowest BCUT2D eigenvalue weighted by molar-refractivity contribution is -0.117. The first-order valence-electron chi connectivity index (χ1n) is 5.36. The molecule has 0 saturated heterocycles. The third kappa shape index (κ3) is 3.99. The van der Waals surface area contributed by atoms with Crippen molar-refractivity contribution in [2.24, 2.45) is 0 Å². The normalized spacial score (nSPS) is 10.3. The summed E-state index contributed by atoms with van der Waals surface area (Å²) in [4.78, 5) is 20.1. The Balaban J connectivity index is 1.96. The van der Waals surface area contributed by atoms with Gasteiger partial charge in [0, 0.05) is 25.2 Å². The van der Waals surface area contributed by atoms with Gasteiger partial charge >= 0.3 is 0 Å². The molecule has 0 atom stereocenters. The maximum atomic E-state index is 11.9. The van der Waals surface area contributed by atoms with E-state index in [1.807, 2.05) is 24.3 Å². The summed E-state index contributed by atoms with van der Waals surface area (Å²) in [6.07, 6.45) is 4.22. The average molecular weight is 370 g/mol. The van der Waals surface area contributed by atoms with E-state index < -0.39 is 0 Å². The van der Waals surface area contributed by atoms with Crippen molar-refractivity contribution < 1.29 is 4.79 Å². The fourth-order valence-electron chi connectivity index (χ4n) is 1.54. The number of rotatable bonds is 4. The molecule has 3 nitrogen and oxygen atoms in total. The van der Waals surface area contributed by atoms with E-state index in [-0.39, 0.29) is 5.78 Å². The van der Waals surface area contributed by atoms with Crippen molar-refractivity contribution in [3.05, 3.63) is 57.0 Å². The highest BCUT2D eigenvalue weighted by molar-refractivity contribution is 9.10. The lowest BCUT2D eigenvalue weighted by Crippen LogP contribution is -2.07. The number of ketones is 1. The van der Waals surface area contributed by atoms with Crippen molar-refractivity contribution in [2.75, 3.05) is 0 Å². The quantitative estimate of drug-likeness (QED) is 0.776. The van der Waals surface area contributed by atoms with Gasteiger partial charge in [0.15, 0.2) is 0 Å². The van der Waals surface area contributed by atoms with E-state index in [9.17, 15) is 4.79 Å². The maximum Gasteiger partial charge on any atom is 0.141 e. The van der Waals surface area contributed by atoms with E-state index in [1.54, 1.807) is 12.4 Å². The topological polar surface area (TPSA) is 42.9 Å². The SMILES string of the molecule is O=C(Cc1ccc(Br)nc1)Cc1ccc(Br)nc1. The molecule has 18 heavy (non-hydrogen) atoms. The van der Waals surface area contributed by atoms with Crippen LogP contribution in [0.25, 0.3) is 0 Å². The van der Waals surface area contributed by atoms with Gasteiger partial charge in [-0.15, -0.1) is 0 Å². The summed E-state index contributed by atoms with van der Waals surface area (Å²) in [7, 11) is 0. The van der Waals surface area contributed by atoms with Crippen LogP contribution >= 0.6 is 31.9 Å². The highest BCUT2D eigenvalue weighted by Crippen LogP contribution is 2.10. The Bertz CT molecular complexity index is 488. The molecule has 0 saturated carbocycles. The molecule has 0 radical (unpaired) electrons. The van der Waals surface area contributed by atoms with Gasteiger partial charge in [-0.3, -0.25) is 4.79 Å². The number of Topliss-reactive ketones (excluding diaryl/α,β-unsaturated/α-hetero) is 1. The Kier molecular flexibility index (Phi) is 4.60. The largest absolute Gasteiger partial charge is 0.299 e. The van der Waals surface area contributed by atoms with Crippen molar-refractivity contribution in [2.45, 2.75) is 12.8 Å². The van der Waals surface area contributed by atoms with E-state index in [0.29, 0.717) is 12.8 Å². The van der Waals surface area contributed by atoms with Crippen molar-refractivity contribution >= 4 is 37.6 Å². The zero-order valence-corrected chi connectivity index (χ0v) is 12.6. The molecule has 0 aliphatic rings. The summed E-state index contributed by atoms with van der Waals surface area (Å²) in [5, 5.41) is 0. The summed E-state index contributed by atoms with van der Waals surface area (Å²) in [5.41, 5.74) is 1.85. The van der Waals surface area contributed by atoms with Crippen LogP contribution in [0.5, 0.6) is 0 Å². The number of carbonyl (C=O) groups is 1. The molecule has 2 aromatic rings. The van der Waals surface area contributed by atoms with Gasteiger partial charge in [-0.2, -0.15) is 0 Å². The van der Waals surface area contributed by atoms with Gasteiger partial charge in [-0.1, -0.05) is 12.1 Å². The first-order chi connectivity index (χ1) is 8.63. The number of aromatic nitrogens is 2. The summed E-state index contributed by atoms with van der Waals surface area (Å²) in [6, 6.07) is 7.47. The molecule has 0 aliphatic heterocycles. The minimum Gasteiger partial charge on any atom is -0.299 e. The highest BCUT2D eigenvalue weighted by Gasteiger charge is 2.06. The smallest absolute Gasteiger partial charge is 0.141 e. The Hall–Kier alpha value is -1.07. The Morgan fingerprint density at radius 1 is 0.889 bits per heavy atom. The van der Waals surface area contributed by atoms with E-state index in [1.165, 1.54) is 0 Å². The van der Waals surface area contributed by atoms with Crippen molar-refractivity contribution in [1.29, 1.82) is 0 Å². The van der Waals surface area contributed by atoms with Gasteiger partial charge in [-0.05, 0) is 55.1 Å². The lowest BCUT2D eigenvalue weighted by atomic mass is 10.1. The summed E-state index contributed by atoms with van der Waals surface area (Å²) in [5.74, 6) is 0.156. The molecule has 0 fully saturated rings. The monoisotopic (exact) mass is 368 g/mol. The molecule has 0 aromatic carbocycles. The van der Waals surface area contributed by atoms with Gasteiger partial charge in [0.25, 0.3) is 0 Å². The van der Waals surface area contributed by atoms with Crippen LogP contribution in [0, 0.1) is 0 Å². The Morgan fingerprint density at radius 2 is 1.33 bits per heavy atom. The number of halogens is 2. The van der Waals surface area contributed by atoms with Crippen LogP contribution in [0.3, 0.4) is 0 Å². The number of nitrogens with zero attached hydrogens (tertiary/aromatic N) is 2. The summed E-state index contributed by atoms with van der Waals surface area (Å²) >= 11 is 6.53. The van der Waals surface area contributed by atoms with Crippen LogP contribution in [-0.2, 0) is 17.6 Å². The van der Waals surface area contributed by atoms with Crippen molar-refractivity contribution in [3.8, 4) is 0 Å². The maximum absolute atomic E-state index is 11.9. The summed E-state index contributed by atoms with van der Waals surface area (Å²) in [6.45, 7) is 0. The van der Waals surface area contributed by atoms with Crippen LogP contribution in [0.2, 0.25) is 0 Å². The second kappa shape index (κ2) is 6.20. The van der Waals surface area contributed by atoms with Crippen LogP contribution in [0.15, 0.2) is 45.9 Å². The minimum atomic E-state index is 0.156. The molecule has 5 heteroatoms. The number of hydrogen-bond acceptors (Lipinski definition) is 3. The predicted octanol–water partition coefficient (Wildman–Crippen LogP) is 3.36. The molecule has 2 rings (SSSR count). The molecule has 0 aliphatic carbocycles. The Labute approximate surface area is 122 Å². The summed E-state index contributed by atoms with van der Waals surface area (Å²) < 4.78 is 1.55. The molecule has 0 unspecified atom stereocenters. The van der Waals surface area contributed by atoms with E-state index >= 15 is 0 Å². The molecular formula is C13H10Br2N2O. The van der Waals surface area contributed by atoms with Crippen LogP contribution < -0.4 is 0 Å². The van der Waals surface area contributed by atoms with E-state index in [2.05, 4.69) is 41.8 Å². The number of pyridine rings is 2. The molecular weight excluding hydrogens is 360 g/mol. The highest BCUT2D eigenvalue weighted by atomic mass is 79.9. The fourth-order valence-corrected chi connectivity index (χ4v) is 2.01. The first kappa shape index (κ1) is 13.4. The van der Waals surface area contributed by atoms with Crippen molar-refractivity contribution in [1.82, 2.24) is 9.97 Å². The zero-order valence-electron chi connectivity index (χ0n) is 9.44. The zero-order chi connectivity index (χ0) is 13.0. The minimum absolute atomic E-state index is 0.156. The van der Waals surface area contributed by atoms with Crippen LogP contribution in [0.1, 0.15) is 11.1 Å². The molecule has 2 aromatic heterocycles. The third-order valence-electron chi connectivity index (χ3n) is 2.38. The molecule has 0 amide bonds. The molecule has 0 spiro atoms. The first-order valence-corrected chi connectivity index (χ1v) is 6.94. The average Bonchev–Trinajstić information content (AvgIpc) is 2.35. The number of carbonyl (C=O) groups excluding carboxylic acids is 1. The Morgan fingerprint density at radius 3 is 1.67 bits per heavy atom. The molecule has 92 valence electrons. The number of hydrogen-bond donors (Lipinski definition) is 0. The van der Waals surface area contributed by atoms with Gasteiger partial charge in [0.2, 0.25) is 0 Å². The predicted molar refractivity (Wildman–Crippen MR) is 76.3 cm³/mol. The lowest BCUT2D eigenvalue weighted by Gasteiger charge is -2.02. The second-order valence-corrected chi connectivity index (χ2v) is 5.50. The van der Waals surface area contributed by atoms with E-state index in [4.69, 9.17) is 0 Å². The van der Waals surface area contributed by atoms with Gasteiger partial charge in [0.1, 0.15) is 15.0 Å². The second-order valence-electron chi connectivity index (χ2n) is 3.87. The van der Waals surface area contributed by atoms with Crippen LogP contribution in [0.4, 0.5) is 0 Å². The van der Waals surface area contributed by atoms with Gasteiger partial charge < -0.3 is 0 Å². The molecule has 0 N–H and O–H groups in total. The van der Waals surface area contributed by atoms with Gasteiger partial charge in [-0.25, -0.2) is 9.97 Å². The molecule has 0 bridgehead atoms. The van der Waals surface area contributed by atoms with Gasteiger partial charge in [0.05, 0.1) is 0 Å². The standard InChI is InChI=1S/C13H10Br2N2O/c14-12-3-1-9(7-16-12)5-11(18)6-10-2-4-13(15)17-8-10/h1-4,7-8H,5-6H2. The van der Waals surface area contributed by atoms with Crippen molar-refractivity contribution in [3.63, 3.8) is 0 Å². The third-order valence-corrected chi connectivity index (χ3v) is 3.32.